The number of carbonyl (C=O) groups excluding carboxylic acids is 2. The molecule has 5 N–H and O–H groups in total. The number of ether oxygens (including phenoxy) is 9. The van der Waals surface area contributed by atoms with Gasteiger partial charge in [-0.15, -0.1) is 0 Å². The lowest BCUT2D eigenvalue weighted by atomic mass is 9.93. The van der Waals surface area contributed by atoms with E-state index in [9.17, 15) is 30.4 Å². The number of carbonyl (C=O) groups is 2. The summed E-state index contributed by atoms with van der Waals surface area (Å²) >= 11 is 0. The van der Waals surface area contributed by atoms with Crippen LogP contribution >= 0.6 is 0 Å². The van der Waals surface area contributed by atoms with Gasteiger partial charge in [-0.1, -0.05) is 126 Å². The Morgan fingerprint density at radius 1 is 0.580 bits per heavy atom. The van der Waals surface area contributed by atoms with Crippen molar-refractivity contribution in [3.05, 3.63) is 154 Å². The average molecular weight is 956 g/mol. The van der Waals surface area contributed by atoms with Gasteiger partial charge < -0.3 is 68.6 Å². The van der Waals surface area contributed by atoms with Gasteiger partial charge in [0.25, 0.3) is 0 Å². The summed E-state index contributed by atoms with van der Waals surface area (Å²) in [5.41, 5.74) is 13.3. The minimum atomic E-state index is -1.67. The second-order valence-electron chi connectivity index (χ2n) is 17.1. The van der Waals surface area contributed by atoms with E-state index in [1.165, 1.54) is 13.8 Å². The number of nitrogens with one attached hydrogen (secondary N) is 2. The largest absolute Gasteiger partial charge is 0.394 e. The number of amides is 2. The van der Waals surface area contributed by atoms with E-state index in [1.807, 2.05) is 128 Å². The summed E-state index contributed by atoms with van der Waals surface area (Å²) in [5.74, 6) is -1.09. The van der Waals surface area contributed by atoms with E-state index in [1.54, 1.807) is 0 Å². The number of aliphatic hydroxyl groups excluding tert-OH is 3. The summed E-state index contributed by atoms with van der Waals surface area (Å²) in [6, 6.07) is 35.6. The molecule has 0 saturated carbocycles. The zero-order valence-corrected chi connectivity index (χ0v) is 38.6. The van der Waals surface area contributed by atoms with Crippen LogP contribution in [0.3, 0.4) is 0 Å². The molecule has 0 radical (unpaired) electrons. The predicted molar refractivity (Wildman–Crippen MR) is 246 cm³/mol. The molecule has 0 bridgehead atoms. The van der Waals surface area contributed by atoms with Crippen LogP contribution in [-0.4, -0.2) is 132 Å². The van der Waals surface area contributed by atoms with Crippen molar-refractivity contribution in [3.63, 3.8) is 0 Å². The molecule has 19 nitrogen and oxygen atoms in total. The normalized spacial score (nSPS) is 31.2. The van der Waals surface area contributed by atoms with E-state index < -0.39 is 110 Å². The SMILES string of the molecule is CC(=O)N[C@@H]1[C@@H](OCc2ccccc2)[C@H](O[C@@H]2O[C@H](CO)[C@@H](O)[C@H](O)[C@H]2NC(C)=O)[C@@H](CO[C@@H]2O[C@@H](C)[C@@H](OCc3ccccc3)[C@@H](OCc3ccccc3)[C@@H]2OCc2ccccc2)O[C@H]1N=[N+]=[N-]. The second-order valence-corrected chi connectivity index (χ2v) is 17.1. The molecular formula is C50H61N5O14. The first-order chi connectivity index (χ1) is 33.5. The number of aliphatic hydroxyl groups is 3. The molecule has 2 amide bonds. The minimum absolute atomic E-state index is 0.0251. The van der Waals surface area contributed by atoms with Crippen molar-refractivity contribution in [3.8, 4) is 0 Å². The smallest absolute Gasteiger partial charge is 0.217 e. The Kier molecular flexibility index (Phi) is 19.0. The number of hydrogen-bond acceptors (Lipinski definition) is 15. The highest BCUT2D eigenvalue weighted by Gasteiger charge is 2.54. The fourth-order valence-electron chi connectivity index (χ4n) is 8.66. The summed E-state index contributed by atoms with van der Waals surface area (Å²) in [4.78, 5) is 28.4. The van der Waals surface area contributed by atoms with E-state index in [0.29, 0.717) is 0 Å². The highest BCUT2D eigenvalue weighted by atomic mass is 16.7. The fourth-order valence-corrected chi connectivity index (χ4v) is 8.66. The average Bonchev–Trinajstić information content (AvgIpc) is 3.35. The van der Waals surface area contributed by atoms with Crippen molar-refractivity contribution in [2.24, 2.45) is 5.11 Å². The summed E-state index contributed by atoms with van der Waals surface area (Å²) in [5, 5.41) is 41.7. The van der Waals surface area contributed by atoms with Crippen LogP contribution in [0, 0.1) is 0 Å². The molecule has 0 aromatic heterocycles. The number of rotatable bonds is 21. The molecule has 0 spiro atoms. The van der Waals surface area contributed by atoms with Gasteiger partial charge >= 0.3 is 0 Å². The van der Waals surface area contributed by atoms with Gasteiger partial charge in [0.2, 0.25) is 11.8 Å². The Morgan fingerprint density at radius 2 is 1.04 bits per heavy atom. The van der Waals surface area contributed by atoms with Crippen molar-refractivity contribution in [1.82, 2.24) is 10.6 Å². The highest BCUT2D eigenvalue weighted by molar-refractivity contribution is 5.73. The third-order valence-electron chi connectivity index (χ3n) is 12.0. The molecule has 15 atom stereocenters. The van der Waals surface area contributed by atoms with Gasteiger partial charge in [-0.05, 0) is 34.7 Å². The van der Waals surface area contributed by atoms with Gasteiger partial charge in [0.05, 0.1) is 51.8 Å². The maximum atomic E-state index is 12.8. The summed E-state index contributed by atoms with van der Waals surface area (Å²) < 4.78 is 59.3. The van der Waals surface area contributed by atoms with Crippen LogP contribution in [0.4, 0.5) is 0 Å². The quantitative estimate of drug-likeness (QED) is 0.0451. The van der Waals surface area contributed by atoms with E-state index in [-0.39, 0.29) is 33.0 Å². The summed E-state index contributed by atoms with van der Waals surface area (Å²) in [6.45, 7) is 3.83. The first-order valence-corrected chi connectivity index (χ1v) is 22.9. The van der Waals surface area contributed by atoms with Gasteiger partial charge in [-0.3, -0.25) is 9.59 Å². The van der Waals surface area contributed by atoms with Gasteiger partial charge in [0.1, 0.15) is 61.0 Å². The van der Waals surface area contributed by atoms with Gasteiger partial charge in [-0.2, -0.15) is 0 Å². The molecule has 0 aliphatic carbocycles. The molecule has 4 aromatic rings. The first kappa shape index (κ1) is 51.5. The van der Waals surface area contributed by atoms with Crippen molar-refractivity contribution in [2.75, 3.05) is 13.2 Å². The second kappa shape index (κ2) is 25.5. The van der Waals surface area contributed by atoms with Crippen LogP contribution in [0.1, 0.15) is 43.0 Å². The van der Waals surface area contributed by atoms with Gasteiger partial charge in [0, 0.05) is 18.8 Å². The van der Waals surface area contributed by atoms with Crippen LogP contribution in [0.2, 0.25) is 0 Å². The van der Waals surface area contributed by atoms with E-state index >= 15 is 0 Å². The Hall–Kier alpha value is -5.35. The van der Waals surface area contributed by atoms with Crippen molar-refractivity contribution in [2.45, 2.75) is 139 Å². The topological polar surface area (TPSA) is 251 Å². The maximum absolute atomic E-state index is 12.8. The van der Waals surface area contributed by atoms with Crippen LogP contribution in [0.25, 0.3) is 10.4 Å². The molecule has 4 aromatic carbocycles. The number of azide groups is 1. The molecule has 3 heterocycles. The third kappa shape index (κ3) is 13.9. The predicted octanol–water partition coefficient (Wildman–Crippen LogP) is 3.96. The van der Waals surface area contributed by atoms with Crippen molar-refractivity contribution in [1.29, 1.82) is 0 Å². The zero-order chi connectivity index (χ0) is 48.7. The highest BCUT2D eigenvalue weighted by Crippen LogP contribution is 2.35. The van der Waals surface area contributed by atoms with Crippen molar-refractivity contribution < 1.29 is 67.5 Å². The Balaban J connectivity index is 1.25. The van der Waals surface area contributed by atoms with Crippen molar-refractivity contribution >= 4 is 11.8 Å². The van der Waals surface area contributed by atoms with Crippen LogP contribution in [0.5, 0.6) is 0 Å². The van der Waals surface area contributed by atoms with Crippen LogP contribution in [0.15, 0.2) is 126 Å². The monoisotopic (exact) mass is 955 g/mol. The molecule has 370 valence electrons. The lowest BCUT2D eigenvalue weighted by Crippen LogP contribution is -2.69. The minimum Gasteiger partial charge on any atom is -0.394 e. The van der Waals surface area contributed by atoms with E-state index in [2.05, 4.69) is 20.7 Å². The lowest BCUT2D eigenvalue weighted by molar-refractivity contribution is -0.340. The number of benzene rings is 4. The zero-order valence-electron chi connectivity index (χ0n) is 38.6. The molecule has 3 fully saturated rings. The molecule has 69 heavy (non-hydrogen) atoms. The summed E-state index contributed by atoms with van der Waals surface area (Å²) in [6.07, 6.45) is -15.5. The third-order valence-corrected chi connectivity index (χ3v) is 12.0. The van der Waals surface area contributed by atoms with E-state index in [4.69, 9.17) is 42.6 Å². The Bertz CT molecular complexity index is 2230. The number of nitrogens with zero attached hydrogens (tertiary/aromatic N) is 3. The standard InChI is InChI=1S/C50H61N5O14/c1-30-43(61-25-33-16-8-4-9-17-33)46(63-27-35-20-12-6-13-21-35)47(64-28-36-22-14-7-15-23-36)50(66-30)65-29-38-44(69-49-39(52-31(2)57)42(60)41(59)37(24-56)68-49)45(62-26-34-18-10-5-11-19-34)40(53-32(3)58)48(67-38)54-55-51/h4-23,30,37-50,56,59-60H,24-29H2,1-3H3,(H,52,57)(H,53,58)/t30-,37+,38+,39+,40+,41+,42+,43+,44+,45+,46+,47-,48+,49-,50+/m0/s1. The number of hydrogen-bond donors (Lipinski definition) is 5. The Morgan fingerprint density at radius 3 is 1.52 bits per heavy atom. The Labute approximate surface area is 400 Å². The summed E-state index contributed by atoms with van der Waals surface area (Å²) in [7, 11) is 0. The molecule has 19 heteroatoms. The van der Waals surface area contributed by atoms with Gasteiger partial charge in [-0.25, -0.2) is 0 Å². The molecule has 3 aliphatic rings. The lowest BCUT2D eigenvalue weighted by Gasteiger charge is -2.49. The molecule has 3 aliphatic heterocycles. The molecule has 3 saturated heterocycles. The first-order valence-electron chi connectivity index (χ1n) is 22.9. The van der Waals surface area contributed by atoms with Gasteiger partial charge in [0.15, 0.2) is 18.8 Å². The van der Waals surface area contributed by atoms with Crippen LogP contribution < -0.4 is 10.6 Å². The van der Waals surface area contributed by atoms with E-state index in [0.717, 1.165) is 22.3 Å². The molecular weight excluding hydrogens is 895 g/mol. The maximum Gasteiger partial charge on any atom is 0.217 e. The fraction of sp³-hybridized carbons (Fsp3) is 0.480. The van der Waals surface area contributed by atoms with Crippen LogP contribution in [-0.2, 0) is 78.6 Å². The molecule has 0 unspecified atom stereocenters. The molecule has 7 rings (SSSR count).